The maximum atomic E-state index is 12.3. The van der Waals surface area contributed by atoms with E-state index in [2.05, 4.69) is 26.7 Å². The monoisotopic (exact) mass is 361 g/mol. The maximum absolute atomic E-state index is 12.3. The first-order valence-electron chi connectivity index (χ1n) is 10.2. The molecule has 1 aromatic rings. The van der Waals surface area contributed by atoms with E-state index in [1.165, 1.54) is 12.8 Å². The maximum Gasteiger partial charge on any atom is 0.222 e. The van der Waals surface area contributed by atoms with Crippen LogP contribution in [0.2, 0.25) is 0 Å². The minimum atomic E-state index is -0.144. The summed E-state index contributed by atoms with van der Waals surface area (Å²) >= 11 is 0. The van der Waals surface area contributed by atoms with Gasteiger partial charge in [0, 0.05) is 45.6 Å². The molecule has 0 radical (unpaired) electrons. The Balaban J connectivity index is 1.31. The Morgan fingerprint density at radius 2 is 1.73 bits per heavy atom. The molecule has 7 heteroatoms. The number of aromatic nitrogens is 3. The third-order valence-electron chi connectivity index (χ3n) is 6.29. The molecule has 1 aromatic heterocycles. The molecule has 0 aromatic carbocycles. The summed E-state index contributed by atoms with van der Waals surface area (Å²) in [5, 5.41) is 18.6. The molecule has 2 saturated heterocycles. The number of carbonyl (C=O) groups excluding carboxylic acids is 1. The van der Waals surface area contributed by atoms with Crippen LogP contribution in [0.4, 0.5) is 0 Å². The second-order valence-corrected chi connectivity index (χ2v) is 8.34. The van der Waals surface area contributed by atoms with Gasteiger partial charge in [-0.2, -0.15) is 0 Å². The molecule has 0 unspecified atom stereocenters. The third-order valence-corrected chi connectivity index (χ3v) is 6.29. The lowest BCUT2D eigenvalue weighted by Crippen LogP contribution is -2.38. The molecule has 2 aliphatic heterocycles. The number of amides is 1. The van der Waals surface area contributed by atoms with Gasteiger partial charge in [-0.1, -0.05) is 0 Å². The zero-order valence-electron chi connectivity index (χ0n) is 15.8. The highest BCUT2D eigenvalue weighted by atomic mass is 16.3. The fraction of sp³-hybridized carbons (Fsp3) is 0.842. The van der Waals surface area contributed by atoms with Gasteiger partial charge in [0.15, 0.2) is 0 Å². The molecule has 3 heterocycles. The van der Waals surface area contributed by atoms with E-state index >= 15 is 0 Å². The second kappa shape index (κ2) is 7.64. The number of likely N-dealkylation sites (tertiary alicyclic amines) is 2. The van der Waals surface area contributed by atoms with Gasteiger partial charge < -0.3 is 14.6 Å². The van der Waals surface area contributed by atoms with Crippen molar-refractivity contribution >= 4 is 5.91 Å². The summed E-state index contributed by atoms with van der Waals surface area (Å²) in [7, 11) is 2.06. The summed E-state index contributed by atoms with van der Waals surface area (Å²) in [5.41, 5.74) is 0. The zero-order chi connectivity index (χ0) is 18.1. The van der Waals surface area contributed by atoms with Crippen LogP contribution in [0, 0.1) is 5.92 Å². The second-order valence-electron chi connectivity index (χ2n) is 8.34. The van der Waals surface area contributed by atoms with Gasteiger partial charge in [-0.3, -0.25) is 9.69 Å². The molecule has 0 spiro atoms. The molecule has 1 N–H and O–H groups in total. The zero-order valence-corrected chi connectivity index (χ0v) is 15.8. The number of nitrogens with zero attached hydrogens (tertiary/aromatic N) is 5. The van der Waals surface area contributed by atoms with Crippen LogP contribution in [0.3, 0.4) is 0 Å². The average molecular weight is 361 g/mol. The third kappa shape index (κ3) is 4.09. The van der Waals surface area contributed by atoms with Crippen molar-refractivity contribution in [1.29, 1.82) is 0 Å². The molecule has 4 rings (SSSR count). The van der Waals surface area contributed by atoms with E-state index in [1.54, 1.807) is 0 Å². The summed E-state index contributed by atoms with van der Waals surface area (Å²) in [5.74, 6) is 3.47. The number of hydrogen-bond acceptors (Lipinski definition) is 5. The van der Waals surface area contributed by atoms with Crippen LogP contribution in [0.15, 0.2) is 0 Å². The van der Waals surface area contributed by atoms with Crippen LogP contribution in [0.1, 0.15) is 62.5 Å². The number of piperidine rings is 2. The van der Waals surface area contributed by atoms with Gasteiger partial charge in [0.05, 0.1) is 12.6 Å². The van der Waals surface area contributed by atoms with Crippen molar-refractivity contribution in [3.8, 4) is 0 Å². The Morgan fingerprint density at radius 1 is 1.04 bits per heavy atom. The van der Waals surface area contributed by atoms with Crippen molar-refractivity contribution < 1.29 is 9.90 Å². The first kappa shape index (κ1) is 17.9. The highest BCUT2D eigenvalue weighted by molar-refractivity contribution is 5.76. The number of carbonyl (C=O) groups is 1. The standard InChI is InChI=1S/C19H31N5O2/c1-22-17(13-23-8-6-16(25)7-9-23)20-21-19(22)15-4-10-24(11-5-15)18(26)12-14-2-3-14/h14-16,25H,2-13H2,1H3. The van der Waals surface area contributed by atoms with E-state index < -0.39 is 0 Å². The fourth-order valence-corrected chi connectivity index (χ4v) is 4.23. The van der Waals surface area contributed by atoms with Gasteiger partial charge in [-0.25, -0.2) is 0 Å². The number of aliphatic hydroxyl groups excluding tert-OH is 1. The lowest BCUT2D eigenvalue weighted by atomic mass is 9.95. The Morgan fingerprint density at radius 3 is 2.38 bits per heavy atom. The Hall–Kier alpha value is -1.47. The molecule has 0 atom stereocenters. The van der Waals surface area contributed by atoms with Crippen LogP contribution in [-0.4, -0.2) is 67.9 Å². The Labute approximate surface area is 155 Å². The average Bonchev–Trinajstić information content (AvgIpc) is 3.39. The summed E-state index contributed by atoms with van der Waals surface area (Å²) < 4.78 is 2.15. The van der Waals surface area contributed by atoms with Crippen molar-refractivity contribution in [2.24, 2.45) is 13.0 Å². The largest absolute Gasteiger partial charge is 0.393 e. The molecule has 144 valence electrons. The van der Waals surface area contributed by atoms with E-state index in [1.807, 2.05) is 4.90 Å². The Bertz CT molecular complexity index is 626. The van der Waals surface area contributed by atoms with E-state index in [9.17, 15) is 9.90 Å². The van der Waals surface area contributed by atoms with Crippen molar-refractivity contribution in [1.82, 2.24) is 24.6 Å². The SMILES string of the molecule is Cn1c(CN2CCC(O)CC2)nnc1C1CCN(C(=O)CC2CC2)CC1. The van der Waals surface area contributed by atoms with Crippen molar-refractivity contribution in [3.05, 3.63) is 11.6 Å². The van der Waals surface area contributed by atoms with Gasteiger partial charge in [0.25, 0.3) is 0 Å². The molecule has 3 fully saturated rings. The topological polar surface area (TPSA) is 74.5 Å². The van der Waals surface area contributed by atoms with Gasteiger partial charge in [0.1, 0.15) is 11.6 Å². The van der Waals surface area contributed by atoms with E-state index in [0.717, 1.165) is 76.5 Å². The molecule has 1 saturated carbocycles. The minimum absolute atomic E-state index is 0.144. The molecule has 0 bridgehead atoms. The fourth-order valence-electron chi connectivity index (χ4n) is 4.23. The van der Waals surface area contributed by atoms with Gasteiger partial charge in [-0.05, 0) is 44.4 Å². The molecule has 26 heavy (non-hydrogen) atoms. The molecule has 1 amide bonds. The smallest absolute Gasteiger partial charge is 0.222 e. The normalized spacial score (nSPS) is 23.5. The minimum Gasteiger partial charge on any atom is -0.393 e. The van der Waals surface area contributed by atoms with Crippen LogP contribution >= 0.6 is 0 Å². The molecule has 3 aliphatic rings. The number of aliphatic hydroxyl groups is 1. The van der Waals surface area contributed by atoms with Crippen molar-refractivity contribution in [2.45, 2.75) is 63.5 Å². The van der Waals surface area contributed by atoms with Crippen LogP contribution in [0.25, 0.3) is 0 Å². The first-order valence-corrected chi connectivity index (χ1v) is 10.2. The Kier molecular flexibility index (Phi) is 5.27. The van der Waals surface area contributed by atoms with E-state index in [-0.39, 0.29) is 6.10 Å². The number of rotatable bonds is 5. The summed E-state index contributed by atoms with van der Waals surface area (Å²) in [4.78, 5) is 16.7. The van der Waals surface area contributed by atoms with E-state index in [4.69, 9.17) is 0 Å². The van der Waals surface area contributed by atoms with Gasteiger partial charge in [-0.15, -0.1) is 10.2 Å². The highest BCUT2D eigenvalue weighted by Crippen LogP contribution is 2.34. The first-order chi connectivity index (χ1) is 12.6. The molecule has 1 aliphatic carbocycles. The molecular weight excluding hydrogens is 330 g/mol. The predicted molar refractivity (Wildman–Crippen MR) is 97.4 cm³/mol. The van der Waals surface area contributed by atoms with E-state index in [0.29, 0.717) is 17.7 Å². The summed E-state index contributed by atoms with van der Waals surface area (Å²) in [6.45, 7) is 4.34. The lowest BCUT2D eigenvalue weighted by molar-refractivity contribution is -0.132. The van der Waals surface area contributed by atoms with Crippen LogP contribution < -0.4 is 0 Å². The van der Waals surface area contributed by atoms with Crippen LogP contribution in [-0.2, 0) is 18.4 Å². The molecule has 7 nitrogen and oxygen atoms in total. The van der Waals surface area contributed by atoms with Crippen molar-refractivity contribution in [3.63, 3.8) is 0 Å². The quantitative estimate of drug-likeness (QED) is 0.855. The molecular formula is C19H31N5O2. The highest BCUT2D eigenvalue weighted by Gasteiger charge is 2.31. The van der Waals surface area contributed by atoms with Gasteiger partial charge >= 0.3 is 0 Å². The number of hydrogen-bond donors (Lipinski definition) is 1. The summed E-state index contributed by atoms with van der Waals surface area (Å²) in [6, 6.07) is 0. The van der Waals surface area contributed by atoms with Gasteiger partial charge in [0.2, 0.25) is 5.91 Å². The van der Waals surface area contributed by atoms with Crippen molar-refractivity contribution in [2.75, 3.05) is 26.2 Å². The summed E-state index contributed by atoms with van der Waals surface area (Å²) in [6.07, 6.45) is 6.74. The lowest BCUT2D eigenvalue weighted by Gasteiger charge is -2.32. The predicted octanol–water partition coefficient (Wildman–Crippen LogP) is 1.28. The van der Waals surface area contributed by atoms with Crippen LogP contribution in [0.5, 0.6) is 0 Å².